The summed E-state index contributed by atoms with van der Waals surface area (Å²) in [5.41, 5.74) is 1.51. The van der Waals surface area contributed by atoms with Crippen molar-refractivity contribution < 1.29 is 9.53 Å². The molecule has 2 aliphatic heterocycles. The van der Waals surface area contributed by atoms with Crippen molar-refractivity contribution in [3.63, 3.8) is 0 Å². The largest absolute Gasteiger partial charge is 0.465 e. The number of benzene rings is 1. The smallest absolute Gasteiger partial charge is 0.270 e. The van der Waals surface area contributed by atoms with Crippen molar-refractivity contribution in [1.29, 1.82) is 0 Å². The first-order chi connectivity index (χ1) is 13.8. The number of rotatable bonds is 2. The van der Waals surface area contributed by atoms with Gasteiger partial charge in [0, 0.05) is 23.9 Å². The van der Waals surface area contributed by atoms with Crippen molar-refractivity contribution in [2.45, 2.75) is 32.5 Å². The van der Waals surface area contributed by atoms with Crippen molar-refractivity contribution in [2.24, 2.45) is 18.0 Å². The van der Waals surface area contributed by atoms with E-state index in [1.54, 1.807) is 15.4 Å². The number of aryl methyl sites for hydroxylation is 1. The Morgan fingerprint density at radius 3 is 2.79 bits per heavy atom. The quantitative estimate of drug-likeness (QED) is 0.641. The first-order valence-electron chi connectivity index (χ1n) is 9.40. The normalized spacial score (nSPS) is 25.0. The standard InChI is InChI=1S/C21H20N4O3S/c1-11-13(10-22-24(11)4)9-16-19(27)25-18-14-7-5-6-8-15(14)28-21(3,17(18)12(2)26)23-20(25)29-16/h5-10,17-18H,1-4H3/b16-9+/t17-,18+,21-/m1/s1. The van der Waals surface area contributed by atoms with Crippen LogP contribution in [0, 0.1) is 12.8 Å². The predicted octanol–water partition coefficient (Wildman–Crippen LogP) is 1.32. The number of carbonyl (C=O) groups excluding carboxylic acids is 1. The monoisotopic (exact) mass is 408 g/mol. The Balaban J connectivity index is 1.82. The SMILES string of the molecule is CC(=O)[C@@H]1[C@@H]2c3ccccc3O[C@@]1(C)N=c1s/c(=C/c3cnn(C)c3C)c(=O)n12. The highest BCUT2D eigenvalue weighted by Crippen LogP contribution is 2.47. The number of ketones is 1. The highest BCUT2D eigenvalue weighted by atomic mass is 32.1. The van der Waals surface area contributed by atoms with Crippen LogP contribution >= 0.6 is 11.3 Å². The average molecular weight is 408 g/mol. The average Bonchev–Trinajstić information content (AvgIpc) is 3.13. The zero-order chi connectivity index (χ0) is 20.5. The first-order valence-corrected chi connectivity index (χ1v) is 10.2. The Kier molecular flexibility index (Phi) is 3.73. The Hall–Kier alpha value is -3.00. The van der Waals surface area contributed by atoms with Gasteiger partial charge in [-0.05, 0) is 32.9 Å². The molecule has 0 amide bonds. The third-order valence-electron chi connectivity index (χ3n) is 5.88. The van der Waals surface area contributed by atoms with Crippen LogP contribution in [-0.2, 0) is 11.8 Å². The predicted molar refractivity (Wildman–Crippen MR) is 109 cm³/mol. The Morgan fingerprint density at radius 2 is 2.10 bits per heavy atom. The minimum Gasteiger partial charge on any atom is -0.465 e. The molecule has 0 fully saturated rings. The van der Waals surface area contributed by atoms with Gasteiger partial charge in [-0.1, -0.05) is 29.5 Å². The summed E-state index contributed by atoms with van der Waals surface area (Å²) in [6.45, 7) is 5.32. The molecule has 3 aromatic rings. The number of fused-ring (bicyclic) bond motifs is 6. The third kappa shape index (κ3) is 2.48. The number of hydrogen-bond donors (Lipinski definition) is 0. The van der Waals surface area contributed by atoms with Gasteiger partial charge in [-0.15, -0.1) is 0 Å². The van der Waals surface area contributed by atoms with Gasteiger partial charge in [-0.3, -0.25) is 18.8 Å². The Morgan fingerprint density at radius 1 is 1.34 bits per heavy atom. The fourth-order valence-electron chi connectivity index (χ4n) is 4.35. The Bertz CT molecular complexity index is 1350. The van der Waals surface area contributed by atoms with Crippen molar-refractivity contribution in [2.75, 3.05) is 0 Å². The van der Waals surface area contributed by atoms with Crippen LogP contribution in [0.4, 0.5) is 0 Å². The van der Waals surface area contributed by atoms with Gasteiger partial charge in [0.2, 0.25) is 5.72 Å². The second-order valence-electron chi connectivity index (χ2n) is 7.72. The molecule has 0 saturated carbocycles. The molecule has 0 aliphatic carbocycles. The van der Waals surface area contributed by atoms with E-state index in [-0.39, 0.29) is 11.3 Å². The molecule has 3 atom stereocenters. The third-order valence-corrected chi connectivity index (χ3v) is 6.86. The van der Waals surface area contributed by atoms with Crippen LogP contribution in [0.2, 0.25) is 0 Å². The summed E-state index contributed by atoms with van der Waals surface area (Å²) in [5, 5.41) is 4.25. The second kappa shape index (κ2) is 6.00. The van der Waals surface area contributed by atoms with E-state index in [2.05, 4.69) is 5.10 Å². The number of ether oxygens (including phenoxy) is 1. The molecule has 2 aliphatic rings. The molecule has 4 heterocycles. The maximum atomic E-state index is 13.4. The van der Waals surface area contributed by atoms with Crippen LogP contribution < -0.4 is 19.6 Å². The topological polar surface area (TPSA) is 78.5 Å². The lowest BCUT2D eigenvalue weighted by Gasteiger charge is -2.45. The van der Waals surface area contributed by atoms with Gasteiger partial charge in [0.05, 0.1) is 16.8 Å². The zero-order valence-corrected chi connectivity index (χ0v) is 17.4. The van der Waals surface area contributed by atoms with E-state index in [0.717, 1.165) is 16.8 Å². The summed E-state index contributed by atoms with van der Waals surface area (Å²) in [7, 11) is 1.87. The van der Waals surface area contributed by atoms with Gasteiger partial charge in [0.25, 0.3) is 5.56 Å². The maximum absolute atomic E-state index is 13.4. The second-order valence-corrected chi connectivity index (χ2v) is 8.73. The van der Waals surface area contributed by atoms with E-state index in [1.807, 2.05) is 51.2 Å². The summed E-state index contributed by atoms with van der Waals surface area (Å²) in [6, 6.07) is 7.13. The molecule has 8 heteroatoms. The molecule has 7 nitrogen and oxygen atoms in total. The lowest BCUT2D eigenvalue weighted by Crippen LogP contribution is -2.58. The van der Waals surface area contributed by atoms with Gasteiger partial charge in [-0.2, -0.15) is 5.10 Å². The summed E-state index contributed by atoms with van der Waals surface area (Å²) >= 11 is 1.32. The number of hydrogen-bond acceptors (Lipinski definition) is 6. The lowest BCUT2D eigenvalue weighted by molar-refractivity contribution is -0.132. The molecule has 5 rings (SSSR count). The van der Waals surface area contributed by atoms with Crippen molar-refractivity contribution in [3.8, 4) is 5.75 Å². The maximum Gasteiger partial charge on any atom is 0.270 e. The molecule has 0 spiro atoms. The number of carbonyl (C=O) groups is 1. The fraction of sp³-hybridized carbons (Fsp3) is 0.333. The van der Waals surface area contributed by atoms with Gasteiger partial charge in [-0.25, -0.2) is 4.99 Å². The minimum absolute atomic E-state index is 0.0480. The van der Waals surface area contributed by atoms with Gasteiger partial charge in [0.1, 0.15) is 17.5 Å². The fourth-order valence-corrected chi connectivity index (χ4v) is 5.44. The van der Waals surface area contributed by atoms with Gasteiger partial charge >= 0.3 is 0 Å². The summed E-state index contributed by atoms with van der Waals surface area (Å²) in [6.07, 6.45) is 3.59. The van der Waals surface area contributed by atoms with E-state index in [0.29, 0.717) is 15.1 Å². The number of thiazole rings is 1. The van der Waals surface area contributed by atoms with Crippen molar-refractivity contribution in [1.82, 2.24) is 14.3 Å². The van der Waals surface area contributed by atoms with Crippen LogP contribution in [-0.4, -0.2) is 25.9 Å². The Labute approximate surface area is 170 Å². The molecule has 1 aromatic carbocycles. The zero-order valence-electron chi connectivity index (χ0n) is 16.5. The van der Waals surface area contributed by atoms with Crippen LogP contribution in [0.1, 0.15) is 36.7 Å². The number of aromatic nitrogens is 3. The molecular weight excluding hydrogens is 388 g/mol. The first kappa shape index (κ1) is 18.1. The van der Waals surface area contributed by atoms with Crippen LogP contribution in [0.25, 0.3) is 6.08 Å². The van der Waals surface area contributed by atoms with Crippen LogP contribution in [0.15, 0.2) is 40.2 Å². The molecule has 0 radical (unpaired) electrons. The molecule has 0 N–H and O–H groups in total. The lowest BCUT2D eigenvalue weighted by atomic mass is 9.79. The number of para-hydroxylation sites is 1. The van der Waals surface area contributed by atoms with Gasteiger partial charge in [0.15, 0.2) is 4.80 Å². The molecule has 148 valence electrons. The van der Waals surface area contributed by atoms with Crippen LogP contribution in [0.5, 0.6) is 5.75 Å². The molecule has 0 unspecified atom stereocenters. The van der Waals surface area contributed by atoms with E-state index in [1.165, 1.54) is 18.3 Å². The molecule has 2 bridgehead atoms. The summed E-state index contributed by atoms with van der Waals surface area (Å²) in [4.78, 5) is 31.4. The molecular formula is C21H20N4O3S. The van der Waals surface area contributed by atoms with Crippen LogP contribution in [0.3, 0.4) is 0 Å². The van der Waals surface area contributed by atoms with E-state index >= 15 is 0 Å². The molecule has 2 aromatic heterocycles. The number of Topliss-reactive ketones (excluding diaryl/α,β-unsaturated/α-hetero) is 1. The van der Waals surface area contributed by atoms with Gasteiger partial charge < -0.3 is 4.74 Å². The van der Waals surface area contributed by atoms with Crippen molar-refractivity contribution in [3.05, 3.63) is 67.0 Å². The summed E-state index contributed by atoms with van der Waals surface area (Å²) < 4.78 is 10.2. The minimum atomic E-state index is -1.04. The van der Waals surface area contributed by atoms with Crippen molar-refractivity contribution >= 4 is 23.2 Å². The molecule has 29 heavy (non-hydrogen) atoms. The van der Waals surface area contributed by atoms with E-state index in [9.17, 15) is 9.59 Å². The molecule has 0 saturated heterocycles. The summed E-state index contributed by atoms with van der Waals surface area (Å²) in [5.74, 6) is 0.0527. The highest BCUT2D eigenvalue weighted by Gasteiger charge is 2.53. The van der Waals surface area contributed by atoms with E-state index < -0.39 is 17.7 Å². The number of nitrogens with zero attached hydrogens (tertiary/aromatic N) is 4. The van der Waals surface area contributed by atoms with E-state index in [4.69, 9.17) is 9.73 Å². The highest BCUT2D eigenvalue weighted by molar-refractivity contribution is 7.07.